The van der Waals surface area contributed by atoms with Gasteiger partial charge in [0.2, 0.25) is 5.91 Å². The predicted molar refractivity (Wildman–Crippen MR) is 112 cm³/mol. The van der Waals surface area contributed by atoms with E-state index in [9.17, 15) is 4.79 Å². The van der Waals surface area contributed by atoms with Crippen LogP contribution >= 0.6 is 0 Å². The van der Waals surface area contributed by atoms with E-state index in [0.717, 1.165) is 55.8 Å². The van der Waals surface area contributed by atoms with E-state index in [-0.39, 0.29) is 11.8 Å². The fourth-order valence-corrected chi connectivity index (χ4v) is 4.07. The molecular formula is C23H28N4O. The molecule has 1 amide bonds. The summed E-state index contributed by atoms with van der Waals surface area (Å²) < 4.78 is 2.17. The summed E-state index contributed by atoms with van der Waals surface area (Å²) in [6.07, 6.45) is 2.90. The number of hydrogen-bond donors (Lipinski definition) is 1. The van der Waals surface area contributed by atoms with Crippen molar-refractivity contribution in [3.05, 3.63) is 66.0 Å². The summed E-state index contributed by atoms with van der Waals surface area (Å²) >= 11 is 0. The van der Waals surface area contributed by atoms with Gasteiger partial charge < -0.3 is 9.88 Å². The summed E-state index contributed by atoms with van der Waals surface area (Å²) in [6, 6.07) is 18.5. The van der Waals surface area contributed by atoms with Crippen molar-refractivity contribution in [3.63, 3.8) is 0 Å². The van der Waals surface area contributed by atoms with Crippen molar-refractivity contribution in [2.24, 2.45) is 13.0 Å². The molecule has 1 aliphatic rings. The molecule has 0 spiro atoms. The van der Waals surface area contributed by atoms with Crippen molar-refractivity contribution in [2.45, 2.75) is 25.8 Å². The molecule has 146 valence electrons. The standard InChI is InChI=1S/C23H28N4O/c1-26-21-12-6-5-11-20(21)25-22(26)17-27-15-7-10-19(16-27)23(28)24-14-13-18-8-3-2-4-9-18/h2-6,8-9,11-12,19H,7,10,13-17H2,1H3,(H,24,28)/t19-/m1/s1. The van der Waals surface area contributed by atoms with E-state index in [1.54, 1.807) is 0 Å². The monoisotopic (exact) mass is 376 g/mol. The van der Waals surface area contributed by atoms with Crippen LogP contribution in [-0.4, -0.2) is 40.0 Å². The summed E-state index contributed by atoms with van der Waals surface area (Å²) in [5, 5.41) is 3.13. The van der Waals surface area contributed by atoms with Crippen LogP contribution in [0.1, 0.15) is 24.2 Å². The molecule has 0 unspecified atom stereocenters. The first-order valence-corrected chi connectivity index (χ1v) is 10.1. The van der Waals surface area contributed by atoms with Crippen molar-refractivity contribution < 1.29 is 4.79 Å². The Bertz CT molecular complexity index is 934. The van der Waals surface area contributed by atoms with Gasteiger partial charge in [-0.25, -0.2) is 4.98 Å². The second-order valence-electron chi connectivity index (χ2n) is 7.68. The zero-order valence-electron chi connectivity index (χ0n) is 16.5. The van der Waals surface area contributed by atoms with E-state index in [1.165, 1.54) is 5.56 Å². The Kier molecular flexibility index (Phi) is 5.72. The Labute approximate surface area is 166 Å². The van der Waals surface area contributed by atoms with Gasteiger partial charge in [-0.15, -0.1) is 0 Å². The molecule has 1 saturated heterocycles. The van der Waals surface area contributed by atoms with Gasteiger partial charge in [0.25, 0.3) is 0 Å². The Balaban J connectivity index is 1.32. The summed E-state index contributed by atoms with van der Waals surface area (Å²) in [4.78, 5) is 19.8. The van der Waals surface area contributed by atoms with E-state index >= 15 is 0 Å². The number of piperidine rings is 1. The third kappa shape index (κ3) is 4.25. The smallest absolute Gasteiger partial charge is 0.224 e. The molecule has 0 bridgehead atoms. The van der Waals surface area contributed by atoms with Crippen LogP contribution in [0.5, 0.6) is 0 Å². The number of carbonyl (C=O) groups excluding carboxylic acids is 1. The van der Waals surface area contributed by atoms with Crippen LogP contribution in [0.3, 0.4) is 0 Å². The molecule has 1 aromatic heterocycles. The van der Waals surface area contributed by atoms with Crippen LogP contribution in [-0.2, 0) is 24.8 Å². The third-order valence-corrected chi connectivity index (χ3v) is 5.68. The van der Waals surface area contributed by atoms with Gasteiger partial charge in [-0.1, -0.05) is 42.5 Å². The van der Waals surface area contributed by atoms with Gasteiger partial charge in [-0.3, -0.25) is 9.69 Å². The molecule has 1 fully saturated rings. The molecule has 0 aliphatic carbocycles. The highest BCUT2D eigenvalue weighted by molar-refractivity contribution is 5.79. The fraction of sp³-hybridized carbons (Fsp3) is 0.391. The first kappa shape index (κ1) is 18.7. The molecule has 2 aromatic carbocycles. The van der Waals surface area contributed by atoms with E-state index in [1.807, 2.05) is 30.3 Å². The number of aryl methyl sites for hydroxylation is 1. The highest BCUT2D eigenvalue weighted by Crippen LogP contribution is 2.20. The second-order valence-corrected chi connectivity index (χ2v) is 7.68. The van der Waals surface area contributed by atoms with Gasteiger partial charge >= 0.3 is 0 Å². The number of nitrogens with zero attached hydrogens (tertiary/aromatic N) is 3. The Hall–Kier alpha value is -2.66. The maximum Gasteiger partial charge on any atom is 0.224 e. The van der Waals surface area contributed by atoms with Crippen LogP contribution in [0.2, 0.25) is 0 Å². The average molecular weight is 377 g/mol. The van der Waals surface area contributed by atoms with E-state index in [2.05, 4.69) is 46.1 Å². The number of para-hydroxylation sites is 2. The first-order valence-electron chi connectivity index (χ1n) is 10.1. The number of aromatic nitrogens is 2. The predicted octanol–water partition coefficient (Wildman–Crippen LogP) is 3.14. The molecule has 5 nitrogen and oxygen atoms in total. The van der Waals surface area contributed by atoms with E-state index in [4.69, 9.17) is 4.98 Å². The molecule has 5 heteroatoms. The molecule has 3 aromatic rings. The van der Waals surface area contributed by atoms with Crippen LogP contribution in [0.15, 0.2) is 54.6 Å². The van der Waals surface area contributed by atoms with Crippen molar-refractivity contribution >= 4 is 16.9 Å². The van der Waals surface area contributed by atoms with Crippen LogP contribution in [0.4, 0.5) is 0 Å². The quantitative estimate of drug-likeness (QED) is 0.719. The zero-order valence-corrected chi connectivity index (χ0v) is 16.5. The normalized spacial score (nSPS) is 17.7. The van der Waals surface area contributed by atoms with Crippen molar-refractivity contribution in [1.29, 1.82) is 0 Å². The molecule has 0 saturated carbocycles. The van der Waals surface area contributed by atoms with E-state index < -0.39 is 0 Å². The minimum atomic E-state index is 0.0687. The fourth-order valence-electron chi connectivity index (χ4n) is 4.07. The number of carbonyl (C=O) groups is 1. The van der Waals surface area contributed by atoms with Gasteiger partial charge in [0.1, 0.15) is 5.82 Å². The minimum absolute atomic E-state index is 0.0687. The third-order valence-electron chi connectivity index (χ3n) is 5.68. The van der Waals surface area contributed by atoms with Crippen LogP contribution in [0.25, 0.3) is 11.0 Å². The maximum atomic E-state index is 12.6. The molecule has 1 N–H and O–H groups in total. The lowest BCUT2D eigenvalue weighted by molar-refractivity contribution is -0.126. The highest BCUT2D eigenvalue weighted by Gasteiger charge is 2.26. The SMILES string of the molecule is Cn1c(CN2CCC[C@@H](C(=O)NCCc3ccccc3)C2)nc2ccccc21. The van der Waals surface area contributed by atoms with Crippen molar-refractivity contribution in [3.8, 4) is 0 Å². The van der Waals surface area contributed by atoms with Crippen LogP contribution in [0, 0.1) is 5.92 Å². The Morgan fingerprint density at radius 3 is 2.75 bits per heavy atom. The van der Waals surface area contributed by atoms with E-state index in [0.29, 0.717) is 6.54 Å². The lowest BCUT2D eigenvalue weighted by atomic mass is 9.97. The zero-order chi connectivity index (χ0) is 19.3. The number of rotatable bonds is 6. The highest BCUT2D eigenvalue weighted by atomic mass is 16.1. The number of amides is 1. The lowest BCUT2D eigenvalue weighted by Gasteiger charge is -2.31. The Morgan fingerprint density at radius 2 is 1.93 bits per heavy atom. The largest absolute Gasteiger partial charge is 0.355 e. The molecule has 0 radical (unpaired) electrons. The molecule has 2 heterocycles. The lowest BCUT2D eigenvalue weighted by Crippen LogP contribution is -2.43. The molecular weight excluding hydrogens is 348 g/mol. The van der Waals surface area contributed by atoms with Crippen LogP contribution < -0.4 is 5.32 Å². The van der Waals surface area contributed by atoms with Gasteiger partial charge in [0.15, 0.2) is 0 Å². The summed E-state index contributed by atoms with van der Waals surface area (Å²) in [5.41, 5.74) is 3.45. The summed E-state index contributed by atoms with van der Waals surface area (Å²) in [5.74, 6) is 1.32. The molecule has 28 heavy (non-hydrogen) atoms. The van der Waals surface area contributed by atoms with Crippen molar-refractivity contribution in [2.75, 3.05) is 19.6 Å². The Morgan fingerprint density at radius 1 is 1.14 bits per heavy atom. The number of hydrogen-bond acceptors (Lipinski definition) is 3. The number of imidazole rings is 1. The van der Waals surface area contributed by atoms with Gasteiger partial charge in [0.05, 0.1) is 23.5 Å². The number of benzene rings is 2. The minimum Gasteiger partial charge on any atom is -0.355 e. The molecule has 4 rings (SSSR count). The first-order chi connectivity index (χ1) is 13.7. The van der Waals surface area contributed by atoms with Crippen molar-refractivity contribution in [1.82, 2.24) is 19.8 Å². The number of likely N-dealkylation sites (tertiary alicyclic amines) is 1. The maximum absolute atomic E-state index is 12.6. The number of fused-ring (bicyclic) bond motifs is 1. The summed E-state index contributed by atoms with van der Waals surface area (Å²) in [6.45, 7) is 3.32. The van der Waals surface area contributed by atoms with Gasteiger partial charge in [-0.2, -0.15) is 0 Å². The molecule has 1 aliphatic heterocycles. The number of nitrogens with one attached hydrogen (secondary N) is 1. The topological polar surface area (TPSA) is 50.2 Å². The molecule has 1 atom stereocenters. The second kappa shape index (κ2) is 8.57. The van der Waals surface area contributed by atoms with Gasteiger partial charge in [-0.05, 0) is 43.5 Å². The average Bonchev–Trinajstić information content (AvgIpc) is 3.04. The summed E-state index contributed by atoms with van der Waals surface area (Å²) in [7, 11) is 2.07. The van der Waals surface area contributed by atoms with Gasteiger partial charge in [0, 0.05) is 20.1 Å².